The first-order valence-electron chi connectivity index (χ1n) is 9.04. The molecular formula is C23H25N3O. The Morgan fingerprint density at radius 2 is 1.30 bits per heavy atom. The molecule has 0 radical (unpaired) electrons. The van der Waals surface area contributed by atoms with Crippen LogP contribution < -0.4 is 10.6 Å². The van der Waals surface area contributed by atoms with Crippen LogP contribution in [0.5, 0.6) is 0 Å². The Hall–Kier alpha value is -3.11. The molecule has 0 saturated carbocycles. The lowest BCUT2D eigenvalue weighted by Gasteiger charge is -2.26. The molecule has 1 amide bonds. The predicted molar refractivity (Wildman–Crippen MR) is 111 cm³/mol. The van der Waals surface area contributed by atoms with Crippen LogP contribution in [0.3, 0.4) is 0 Å². The standard InChI is InChI=1S/C23H25N3O/c1-25(16-19-8-4-2-5-9-19)18-23(27)26(17-20-10-6-3-7-11-20)22-14-12-21(24)13-15-22/h2-15H,16-18,24H2,1H3. The zero-order valence-corrected chi connectivity index (χ0v) is 15.6. The van der Waals surface area contributed by atoms with Crippen molar-refractivity contribution < 1.29 is 4.79 Å². The Labute approximate surface area is 160 Å². The Balaban J connectivity index is 1.74. The van der Waals surface area contributed by atoms with Crippen LogP contribution in [0.1, 0.15) is 11.1 Å². The van der Waals surface area contributed by atoms with Gasteiger partial charge < -0.3 is 10.6 Å². The number of amides is 1. The van der Waals surface area contributed by atoms with Gasteiger partial charge >= 0.3 is 0 Å². The Morgan fingerprint density at radius 3 is 1.85 bits per heavy atom. The van der Waals surface area contributed by atoms with Crippen molar-refractivity contribution in [1.29, 1.82) is 0 Å². The highest BCUT2D eigenvalue weighted by molar-refractivity contribution is 5.94. The molecule has 27 heavy (non-hydrogen) atoms. The third-order valence-electron chi connectivity index (χ3n) is 4.39. The van der Waals surface area contributed by atoms with Gasteiger partial charge in [0.15, 0.2) is 0 Å². The summed E-state index contributed by atoms with van der Waals surface area (Å²) >= 11 is 0. The number of nitrogen functional groups attached to an aromatic ring is 1. The number of hydrogen-bond donors (Lipinski definition) is 1. The largest absolute Gasteiger partial charge is 0.399 e. The summed E-state index contributed by atoms with van der Waals surface area (Å²) in [5, 5.41) is 0. The summed E-state index contributed by atoms with van der Waals surface area (Å²) in [5.41, 5.74) is 9.63. The van der Waals surface area contributed by atoms with E-state index in [1.54, 1.807) is 0 Å². The van der Waals surface area contributed by atoms with E-state index >= 15 is 0 Å². The van der Waals surface area contributed by atoms with Gasteiger partial charge in [-0.15, -0.1) is 0 Å². The maximum Gasteiger partial charge on any atom is 0.241 e. The van der Waals surface area contributed by atoms with Gasteiger partial charge in [-0.3, -0.25) is 9.69 Å². The van der Waals surface area contributed by atoms with Crippen molar-refractivity contribution in [2.45, 2.75) is 13.1 Å². The predicted octanol–water partition coefficient (Wildman–Crippen LogP) is 3.93. The summed E-state index contributed by atoms with van der Waals surface area (Å²) in [4.78, 5) is 16.9. The zero-order chi connectivity index (χ0) is 19.1. The number of benzene rings is 3. The number of rotatable bonds is 7. The van der Waals surface area contributed by atoms with Crippen molar-refractivity contribution >= 4 is 17.3 Å². The molecule has 0 heterocycles. The number of anilines is 2. The molecule has 3 rings (SSSR count). The van der Waals surface area contributed by atoms with Crippen molar-refractivity contribution in [3.63, 3.8) is 0 Å². The molecule has 0 bridgehead atoms. The minimum absolute atomic E-state index is 0.0575. The molecule has 2 N–H and O–H groups in total. The van der Waals surface area contributed by atoms with Crippen molar-refractivity contribution in [2.75, 3.05) is 24.2 Å². The second kappa shape index (κ2) is 9.01. The second-order valence-electron chi connectivity index (χ2n) is 6.71. The lowest BCUT2D eigenvalue weighted by atomic mass is 10.2. The van der Waals surface area contributed by atoms with E-state index in [0.29, 0.717) is 18.8 Å². The highest BCUT2D eigenvalue weighted by Gasteiger charge is 2.18. The van der Waals surface area contributed by atoms with Crippen molar-refractivity contribution in [3.05, 3.63) is 96.1 Å². The van der Waals surface area contributed by atoms with E-state index in [1.165, 1.54) is 5.56 Å². The smallest absolute Gasteiger partial charge is 0.241 e. The maximum absolute atomic E-state index is 13.1. The van der Waals surface area contributed by atoms with Gasteiger partial charge in [0.25, 0.3) is 0 Å². The Bertz CT molecular complexity index is 848. The second-order valence-corrected chi connectivity index (χ2v) is 6.71. The normalized spacial score (nSPS) is 10.7. The monoisotopic (exact) mass is 359 g/mol. The molecule has 0 aromatic heterocycles. The molecule has 4 heteroatoms. The van der Waals surface area contributed by atoms with Crippen molar-refractivity contribution in [1.82, 2.24) is 4.90 Å². The third-order valence-corrected chi connectivity index (χ3v) is 4.39. The average molecular weight is 359 g/mol. The van der Waals surface area contributed by atoms with Gasteiger partial charge in [0, 0.05) is 17.9 Å². The summed E-state index contributed by atoms with van der Waals surface area (Å²) in [6, 6.07) is 27.6. The molecule has 3 aromatic rings. The maximum atomic E-state index is 13.1. The summed E-state index contributed by atoms with van der Waals surface area (Å²) < 4.78 is 0. The van der Waals surface area contributed by atoms with Crippen LogP contribution >= 0.6 is 0 Å². The number of nitrogens with two attached hydrogens (primary N) is 1. The van der Waals surface area contributed by atoms with E-state index in [0.717, 1.165) is 17.8 Å². The van der Waals surface area contributed by atoms with Crippen LogP contribution in [-0.4, -0.2) is 24.4 Å². The highest BCUT2D eigenvalue weighted by atomic mass is 16.2. The molecule has 0 aliphatic heterocycles. The van der Waals surface area contributed by atoms with E-state index in [1.807, 2.05) is 89.6 Å². The molecule has 0 aliphatic carbocycles. The first-order chi connectivity index (χ1) is 13.1. The van der Waals surface area contributed by atoms with Gasteiger partial charge in [-0.25, -0.2) is 0 Å². The number of carbonyl (C=O) groups is 1. The molecule has 0 unspecified atom stereocenters. The SMILES string of the molecule is CN(CC(=O)N(Cc1ccccc1)c1ccc(N)cc1)Cc1ccccc1. The molecule has 138 valence electrons. The minimum Gasteiger partial charge on any atom is -0.399 e. The van der Waals surface area contributed by atoms with E-state index < -0.39 is 0 Å². The van der Waals surface area contributed by atoms with Crippen molar-refractivity contribution in [3.8, 4) is 0 Å². The minimum atomic E-state index is 0.0575. The molecule has 3 aromatic carbocycles. The van der Waals surface area contributed by atoms with E-state index in [-0.39, 0.29) is 5.91 Å². The summed E-state index contributed by atoms with van der Waals surface area (Å²) in [6.07, 6.45) is 0. The fraction of sp³-hybridized carbons (Fsp3) is 0.174. The highest BCUT2D eigenvalue weighted by Crippen LogP contribution is 2.20. The summed E-state index contributed by atoms with van der Waals surface area (Å²) in [5.74, 6) is 0.0575. The number of likely N-dealkylation sites (N-methyl/N-ethyl adjacent to an activating group) is 1. The summed E-state index contributed by atoms with van der Waals surface area (Å²) in [7, 11) is 1.97. The van der Waals surface area contributed by atoms with E-state index in [2.05, 4.69) is 12.1 Å². The van der Waals surface area contributed by atoms with Gasteiger partial charge in [0.05, 0.1) is 13.1 Å². The Kier molecular flexibility index (Phi) is 6.23. The average Bonchev–Trinajstić information content (AvgIpc) is 2.68. The van der Waals surface area contributed by atoms with Gasteiger partial charge in [0.2, 0.25) is 5.91 Å². The molecular weight excluding hydrogens is 334 g/mol. The Morgan fingerprint density at radius 1 is 0.778 bits per heavy atom. The topological polar surface area (TPSA) is 49.6 Å². The van der Waals surface area contributed by atoms with Gasteiger partial charge in [-0.1, -0.05) is 60.7 Å². The third kappa shape index (κ3) is 5.43. The number of carbonyl (C=O) groups excluding carboxylic acids is 1. The van der Waals surface area contributed by atoms with Crippen LogP contribution in [0.25, 0.3) is 0 Å². The van der Waals surface area contributed by atoms with Crippen LogP contribution in [-0.2, 0) is 17.9 Å². The van der Waals surface area contributed by atoms with Crippen LogP contribution in [0.2, 0.25) is 0 Å². The van der Waals surface area contributed by atoms with Crippen LogP contribution in [0.15, 0.2) is 84.9 Å². The van der Waals surface area contributed by atoms with Crippen LogP contribution in [0, 0.1) is 0 Å². The number of nitrogens with zero attached hydrogens (tertiary/aromatic N) is 2. The molecule has 4 nitrogen and oxygen atoms in total. The van der Waals surface area contributed by atoms with E-state index in [9.17, 15) is 4.79 Å². The molecule has 0 aliphatic rings. The van der Waals surface area contributed by atoms with Crippen LogP contribution in [0.4, 0.5) is 11.4 Å². The van der Waals surface area contributed by atoms with Gasteiger partial charge in [0.1, 0.15) is 0 Å². The quantitative estimate of drug-likeness (QED) is 0.650. The zero-order valence-electron chi connectivity index (χ0n) is 15.6. The lowest BCUT2D eigenvalue weighted by molar-refractivity contribution is -0.119. The lowest BCUT2D eigenvalue weighted by Crippen LogP contribution is -2.38. The fourth-order valence-electron chi connectivity index (χ4n) is 3.01. The number of hydrogen-bond acceptors (Lipinski definition) is 3. The van der Waals surface area contributed by atoms with Gasteiger partial charge in [-0.05, 0) is 42.4 Å². The first kappa shape index (κ1) is 18.7. The fourth-order valence-corrected chi connectivity index (χ4v) is 3.01. The van der Waals surface area contributed by atoms with Gasteiger partial charge in [-0.2, -0.15) is 0 Å². The summed E-state index contributed by atoms with van der Waals surface area (Å²) in [6.45, 7) is 1.60. The van der Waals surface area contributed by atoms with E-state index in [4.69, 9.17) is 5.73 Å². The molecule has 0 atom stereocenters. The molecule has 0 spiro atoms. The molecule has 0 saturated heterocycles. The first-order valence-corrected chi connectivity index (χ1v) is 9.04. The van der Waals surface area contributed by atoms with Crippen molar-refractivity contribution in [2.24, 2.45) is 0 Å². The molecule has 0 fully saturated rings.